The Kier molecular flexibility index (Phi) is 3.92. The summed E-state index contributed by atoms with van der Waals surface area (Å²) >= 11 is 0. The molecule has 5 heteroatoms. The predicted molar refractivity (Wildman–Crippen MR) is 82.0 cm³/mol. The van der Waals surface area contributed by atoms with E-state index in [-0.39, 0.29) is 17.7 Å². The number of nitrogens with one attached hydrogen (secondary N) is 3. The maximum absolute atomic E-state index is 12.3. The van der Waals surface area contributed by atoms with Crippen LogP contribution in [-0.4, -0.2) is 23.9 Å². The van der Waals surface area contributed by atoms with Crippen LogP contribution in [0, 0.1) is 5.92 Å². The van der Waals surface area contributed by atoms with E-state index in [1.807, 2.05) is 31.2 Å². The first-order chi connectivity index (χ1) is 10.2. The van der Waals surface area contributed by atoms with Crippen molar-refractivity contribution in [3.63, 3.8) is 0 Å². The second kappa shape index (κ2) is 5.85. The number of rotatable bonds is 4. The molecule has 0 saturated carbocycles. The van der Waals surface area contributed by atoms with E-state index in [0.29, 0.717) is 18.5 Å². The molecule has 1 aromatic rings. The molecule has 0 aromatic heterocycles. The summed E-state index contributed by atoms with van der Waals surface area (Å²) in [4.78, 5) is 23.6. The molecule has 0 spiro atoms. The van der Waals surface area contributed by atoms with Crippen LogP contribution in [0.1, 0.15) is 32.6 Å². The lowest BCUT2D eigenvalue weighted by molar-refractivity contribution is -0.120. The van der Waals surface area contributed by atoms with E-state index in [1.54, 1.807) is 0 Å². The van der Waals surface area contributed by atoms with Crippen molar-refractivity contribution in [2.75, 3.05) is 10.6 Å². The molecule has 2 aliphatic heterocycles. The van der Waals surface area contributed by atoms with Crippen molar-refractivity contribution < 1.29 is 9.59 Å². The first-order valence-electron chi connectivity index (χ1n) is 7.62. The number of hydrogen-bond acceptors (Lipinski definition) is 3. The van der Waals surface area contributed by atoms with Gasteiger partial charge >= 0.3 is 0 Å². The predicted octanol–water partition coefficient (Wildman–Crippen LogP) is 2.11. The average molecular weight is 287 g/mol. The molecule has 0 radical (unpaired) electrons. The van der Waals surface area contributed by atoms with Gasteiger partial charge in [-0.05, 0) is 43.5 Å². The number of anilines is 2. The Labute approximate surface area is 124 Å². The topological polar surface area (TPSA) is 70.2 Å². The van der Waals surface area contributed by atoms with Gasteiger partial charge < -0.3 is 16.0 Å². The molecule has 2 amide bonds. The van der Waals surface area contributed by atoms with E-state index >= 15 is 0 Å². The molecular formula is C16H21N3O2. The standard InChI is InChI=1S/C16H21N3O2/c1-2-15(20)18-10-3-5-11(6-4-10)19-16(21)13-9-12-7-8-14(13)17-12/h3-6,12-14,17H,2,7-9H2,1H3,(H,18,20)(H,19,21). The Morgan fingerprint density at radius 1 is 1.14 bits per heavy atom. The molecule has 5 nitrogen and oxygen atoms in total. The lowest BCUT2D eigenvalue weighted by Crippen LogP contribution is -2.32. The number of fused-ring (bicyclic) bond motifs is 2. The van der Waals surface area contributed by atoms with Gasteiger partial charge in [0.15, 0.2) is 0 Å². The number of amides is 2. The minimum Gasteiger partial charge on any atom is -0.326 e. The minimum absolute atomic E-state index is 0.0140. The van der Waals surface area contributed by atoms with Crippen molar-refractivity contribution in [1.82, 2.24) is 5.32 Å². The third kappa shape index (κ3) is 3.08. The van der Waals surface area contributed by atoms with Crippen molar-refractivity contribution in [3.8, 4) is 0 Å². The summed E-state index contributed by atoms with van der Waals surface area (Å²) in [6.45, 7) is 1.81. The van der Waals surface area contributed by atoms with Crippen LogP contribution in [0.25, 0.3) is 0 Å². The Morgan fingerprint density at radius 2 is 1.81 bits per heavy atom. The SMILES string of the molecule is CCC(=O)Nc1ccc(NC(=O)C2CC3CCC2N3)cc1. The van der Waals surface area contributed by atoms with Gasteiger partial charge in [-0.2, -0.15) is 0 Å². The van der Waals surface area contributed by atoms with Crippen molar-refractivity contribution in [3.05, 3.63) is 24.3 Å². The van der Waals surface area contributed by atoms with E-state index < -0.39 is 0 Å². The summed E-state index contributed by atoms with van der Waals surface area (Å²) in [5.41, 5.74) is 1.53. The third-order valence-electron chi connectivity index (χ3n) is 4.39. The average Bonchev–Trinajstić information content (AvgIpc) is 3.12. The van der Waals surface area contributed by atoms with E-state index in [1.165, 1.54) is 6.42 Å². The first-order valence-corrected chi connectivity index (χ1v) is 7.62. The number of hydrogen-bond donors (Lipinski definition) is 3. The van der Waals surface area contributed by atoms with Gasteiger partial charge in [0.2, 0.25) is 11.8 Å². The largest absolute Gasteiger partial charge is 0.326 e. The smallest absolute Gasteiger partial charge is 0.229 e. The second-order valence-electron chi connectivity index (χ2n) is 5.86. The fraction of sp³-hybridized carbons (Fsp3) is 0.500. The zero-order valence-electron chi connectivity index (χ0n) is 12.2. The molecule has 0 aliphatic carbocycles. The third-order valence-corrected chi connectivity index (χ3v) is 4.39. The highest BCUT2D eigenvalue weighted by molar-refractivity contribution is 5.94. The van der Waals surface area contributed by atoms with Gasteiger partial charge in [-0.3, -0.25) is 9.59 Å². The molecule has 1 aromatic carbocycles. The zero-order chi connectivity index (χ0) is 14.8. The Hall–Kier alpha value is -1.88. The quantitative estimate of drug-likeness (QED) is 0.794. The van der Waals surface area contributed by atoms with Gasteiger partial charge in [0, 0.05) is 29.9 Å². The van der Waals surface area contributed by atoms with Crippen LogP contribution < -0.4 is 16.0 Å². The van der Waals surface area contributed by atoms with Crippen molar-refractivity contribution in [2.24, 2.45) is 5.92 Å². The fourth-order valence-electron chi connectivity index (χ4n) is 3.24. The van der Waals surface area contributed by atoms with Gasteiger partial charge in [-0.15, -0.1) is 0 Å². The second-order valence-corrected chi connectivity index (χ2v) is 5.86. The molecule has 2 aliphatic rings. The Bertz CT molecular complexity index is 541. The maximum Gasteiger partial charge on any atom is 0.229 e. The van der Waals surface area contributed by atoms with Crippen LogP contribution in [-0.2, 0) is 9.59 Å². The summed E-state index contributed by atoms with van der Waals surface area (Å²) in [5.74, 6) is 0.170. The molecule has 3 N–H and O–H groups in total. The van der Waals surface area contributed by atoms with Gasteiger partial charge in [-0.1, -0.05) is 6.92 Å². The molecule has 2 heterocycles. The van der Waals surface area contributed by atoms with E-state index in [9.17, 15) is 9.59 Å². The van der Waals surface area contributed by atoms with Crippen LogP contribution in [0.15, 0.2) is 24.3 Å². The van der Waals surface area contributed by atoms with Gasteiger partial charge in [0.1, 0.15) is 0 Å². The van der Waals surface area contributed by atoms with Crippen molar-refractivity contribution in [2.45, 2.75) is 44.7 Å². The maximum atomic E-state index is 12.3. The fourth-order valence-corrected chi connectivity index (χ4v) is 3.24. The molecule has 3 rings (SSSR count). The lowest BCUT2D eigenvalue weighted by atomic mass is 9.88. The lowest BCUT2D eigenvalue weighted by Gasteiger charge is -2.19. The molecule has 2 bridgehead atoms. The highest BCUT2D eigenvalue weighted by Gasteiger charge is 2.42. The summed E-state index contributed by atoms with van der Waals surface area (Å²) in [7, 11) is 0. The molecule has 3 unspecified atom stereocenters. The zero-order valence-corrected chi connectivity index (χ0v) is 12.2. The number of carbonyl (C=O) groups excluding carboxylic acids is 2. The van der Waals surface area contributed by atoms with Crippen molar-refractivity contribution in [1.29, 1.82) is 0 Å². The normalized spacial score (nSPS) is 26.6. The molecule has 112 valence electrons. The van der Waals surface area contributed by atoms with Gasteiger partial charge in [0.05, 0.1) is 5.92 Å². The Morgan fingerprint density at radius 3 is 2.33 bits per heavy atom. The monoisotopic (exact) mass is 287 g/mol. The summed E-state index contributed by atoms with van der Waals surface area (Å²) in [6.07, 6.45) is 3.70. The molecule has 21 heavy (non-hydrogen) atoms. The summed E-state index contributed by atoms with van der Waals surface area (Å²) in [6, 6.07) is 8.13. The highest BCUT2D eigenvalue weighted by Crippen LogP contribution is 2.33. The Balaban J connectivity index is 1.57. The minimum atomic E-state index is -0.0140. The van der Waals surface area contributed by atoms with Crippen LogP contribution in [0.2, 0.25) is 0 Å². The van der Waals surface area contributed by atoms with Crippen LogP contribution in [0.5, 0.6) is 0 Å². The molecule has 2 saturated heterocycles. The van der Waals surface area contributed by atoms with Crippen molar-refractivity contribution >= 4 is 23.2 Å². The first kappa shape index (κ1) is 14.1. The molecule has 2 fully saturated rings. The summed E-state index contributed by atoms with van der Waals surface area (Å²) in [5, 5.41) is 9.23. The van der Waals surface area contributed by atoms with E-state index in [0.717, 1.165) is 24.2 Å². The number of benzene rings is 1. The van der Waals surface area contributed by atoms with Gasteiger partial charge in [-0.25, -0.2) is 0 Å². The van der Waals surface area contributed by atoms with E-state index in [4.69, 9.17) is 0 Å². The van der Waals surface area contributed by atoms with Crippen LogP contribution in [0.3, 0.4) is 0 Å². The number of carbonyl (C=O) groups is 2. The van der Waals surface area contributed by atoms with Gasteiger partial charge in [0.25, 0.3) is 0 Å². The molecule has 3 atom stereocenters. The highest BCUT2D eigenvalue weighted by atomic mass is 16.2. The van der Waals surface area contributed by atoms with E-state index in [2.05, 4.69) is 16.0 Å². The van der Waals surface area contributed by atoms with Crippen LogP contribution in [0.4, 0.5) is 11.4 Å². The van der Waals surface area contributed by atoms with Crippen LogP contribution >= 0.6 is 0 Å². The molecular weight excluding hydrogens is 266 g/mol. The summed E-state index contributed by atoms with van der Waals surface area (Å²) < 4.78 is 0.